The molecular weight excluding hydrogens is 394 g/mol. The molecule has 3 amide bonds. The maximum atomic E-state index is 12.7. The molecule has 0 spiro atoms. The number of hydrogen-bond acceptors (Lipinski definition) is 5. The van der Waals surface area contributed by atoms with Crippen LogP contribution in [-0.4, -0.2) is 79.3 Å². The summed E-state index contributed by atoms with van der Waals surface area (Å²) in [5, 5.41) is 5.48. The lowest BCUT2D eigenvalue weighted by molar-refractivity contribution is -0.134. The summed E-state index contributed by atoms with van der Waals surface area (Å²) in [7, 11) is 3.35. The first kappa shape index (κ1) is 22.4. The molecule has 0 radical (unpaired) electrons. The molecule has 1 fully saturated rings. The van der Waals surface area contributed by atoms with E-state index in [0.29, 0.717) is 30.8 Å². The molecule has 0 unspecified atom stereocenters. The Morgan fingerprint density at radius 3 is 2.58 bits per heavy atom. The van der Waals surface area contributed by atoms with Crippen molar-refractivity contribution in [3.63, 3.8) is 0 Å². The van der Waals surface area contributed by atoms with Crippen LogP contribution >= 0.6 is 0 Å². The van der Waals surface area contributed by atoms with Crippen molar-refractivity contribution in [2.75, 3.05) is 46.8 Å². The van der Waals surface area contributed by atoms with Crippen molar-refractivity contribution in [3.05, 3.63) is 65.0 Å². The molecule has 2 heterocycles. The third kappa shape index (κ3) is 6.36. The topological polar surface area (TPSA) is 94.6 Å². The molecule has 1 aromatic heterocycles. The normalized spacial score (nSPS) is 14.4. The SMILES string of the molecule is CNC(=O)c1cc(C(=O)NCCCN2CCN(C)C(=O)C2)cc(Cc2ccccc2)n1. The fourth-order valence-corrected chi connectivity index (χ4v) is 3.46. The van der Waals surface area contributed by atoms with Gasteiger partial charge in [-0.3, -0.25) is 19.3 Å². The van der Waals surface area contributed by atoms with E-state index in [-0.39, 0.29) is 23.4 Å². The summed E-state index contributed by atoms with van der Waals surface area (Å²) < 4.78 is 0. The van der Waals surface area contributed by atoms with E-state index in [1.54, 1.807) is 11.0 Å². The quantitative estimate of drug-likeness (QED) is 0.616. The number of carbonyl (C=O) groups excluding carboxylic acids is 3. The van der Waals surface area contributed by atoms with Gasteiger partial charge < -0.3 is 15.5 Å². The van der Waals surface area contributed by atoms with Crippen molar-refractivity contribution in [3.8, 4) is 0 Å². The number of aromatic nitrogens is 1. The van der Waals surface area contributed by atoms with Crippen molar-refractivity contribution in [1.82, 2.24) is 25.4 Å². The molecule has 1 saturated heterocycles. The molecule has 8 heteroatoms. The molecule has 0 aliphatic carbocycles. The van der Waals surface area contributed by atoms with Gasteiger partial charge in [-0.15, -0.1) is 0 Å². The molecule has 0 saturated carbocycles. The number of piperazine rings is 1. The molecule has 1 aliphatic rings. The van der Waals surface area contributed by atoms with E-state index >= 15 is 0 Å². The number of likely N-dealkylation sites (N-methyl/N-ethyl adjacent to an activating group) is 1. The van der Waals surface area contributed by atoms with Crippen molar-refractivity contribution in [1.29, 1.82) is 0 Å². The standard InChI is InChI=1S/C23H29N5O3/c1-24-23(31)20-15-18(14-19(26-20)13-17-7-4-3-5-8-17)22(30)25-9-6-10-28-12-11-27(2)21(29)16-28/h3-5,7-8,14-15H,6,9-13,16H2,1-2H3,(H,24,31)(H,25,30). The van der Waals surface area contributed by atoms with Gasteiger partial charge in [0.05, 0.1) is 6.54 Å². The van der Waals surface area contributed by atoms with E-state index in [2.05, 4.69) is 20.5 Å². The second kappa shape index (κ2) is 10.7. The van der Waals surface area contributed by atoms with Crippen LogP contribution in [-0.2, 0) is 11.2 Å². The number of nitrogens with zero attached hydrogens (tertiary/aromatic N) is 3. The Labute approximate surface area is 182 Å². The van der Waals surface area contributed by atoms with Crippen molar-refractivity contribution in [2.24, 2.45) is 0 Å². The van der Waals surface area contributed by atoms with Gasteiger partial charge >= 0.3 is 0 Å². The minimum absolute atomic E-state index is 0.125. The lowest BCUT2D eigenvalue weighted by Crippen LogP contribution is -2.48. The molecule has 3 rings (SSSR count). The first-order chi connectivity index (χ1) is 15.0. The first-order valence-corrected chi connectivity index (χ1v) is 10.5. The van der Waals surface area contributed by atoms with Crippen molar-refractivity contribution < 1.29 is 14.4 Å². The van der Waals surface area contributed by atoms with E-state index in [9.17, 15) is 14.4 Å². The smallest absolute Gasteiger partial charge is 0.269 e. The van der Waals surface area contributed by atoms with Crippen LogP contribution in [0.1, 0.15) is 38.5 Å². The van der Waals surface area contributed by atoms with Gasteiger partial charge in [0.15, 0.2) is 0 Å². The second-order valence-electron chi connectivity index (χ2n) is 7.67. The zero-order valence-corrected chi connectivity index (χ0v) is 18.1. The Morgan fingerprint density at radius 1 is 1.10 bits per heavy atom. The van der Waals surface area contributed by atoms with Crippen LogP contribution in [0.4, 0.5) is 0 Å². The summed E-state index contributed by atoms with van der Waals surface area (Å²) in [6, 6.07) is 13.0. The molecular formula is C23H29N5O3. The predicted octanol–water partition coefficient (Wildman–Crippen LogP) is 0.926. The molecule has 1 aliphatic heterocycles. The van der Waals surface area contributed by atoms with Crippen LogP contribution < -0.4 is 10.6 Å². The molecule has 8 nitrogen and oxygen atoms in total. The van der Waals surface area contributed by atoms with E-state index < -0.39 is 0 Å². The van der Waals surface area contributed by atoms with Gasteiger partial charge in [-0.1, -0.05) is 30.3 Å². The Bertz CT molecular complexity index is 932. The fourth-order valence-electron chi connectivity index (χ4n) is 3.46. The maximum Gasteiger partial charge on any atom is 0.269 e. The number of nitrogens with one attached hydrogen (secondary N) is 2. The van der Waals surface area contributed by atoms with Crippen LogP contribution in [0.2, 0.25) is 0 Å². The summed E-state index contributed by atoms with van der Waals surface area (Å²) in [5.74, 6) is -0.445. The van der Waals surface area contributed by atoms with Crippen molar-refractivity contribution in [2.45, 2.75) is 12.8 Å². The van der Waals surface area contributed by atoms with Gasteiger partial charge in [-0.25, -0.2) is 4.98 Å². The minimum atomic E-state index is -0.330. The summed E-state index contributed by atoms with van der Waals surface area (Å²) in [5.41, 5.74) is 2.34. The monoisotopic (exact) mass is 423 g/mol. The highest BCUT2D eigenvalue weighted by Gasteiger charge is 2.20. The second-order valence-corrected chi connectivity index (χ2v) is 7.67. The minimum Gasteiger partial charge on any atom is -0.354 e. The molecule has 31 heavy (non-hydrogen) atoms. The summed E-state index contributed by atoms with van der Waals surface area (Å²) >= 11 is 0. The highest BCUT2D eigenvalue weighted by molar-refractivity contribution is 5.98. The number of hydrogen-bond donors (Lipinski definition) is 2. The highest BCUT2D eigenvalue weighted by Crippen LogP contribution is 2.12. The van der Waals surface area contributed by atoms with Gasteiger partial charge in [0.25, 0.3) is 11.8 Å². The van der Waals surface area contributed by atoms with Gasteiger partial charge in [-0.05, 0) is 24.1 Å². The summed E-state index contributed by atoms with van der Waals surface area (Å²) in [4.78, 5) is 44.9. The zero-order valence-electron chi connectivity index (χ0n) is 18.1. The number of rotatable bonds is 8. The molecule has 164 valence electrons. The third-order valence-electron chi connectivity index (χ3n) is 5.30. The van der Waals surface area contributed by atoms with Gasteiger partial charge in [0, 0.05) is 58.0 Å². The zero-order chi connectivity index (χ0) is 22.2. The Hall–Kier alpha value is -3.26. The average molecular weight is 424 g/mol. The van der Waals surface area contributed by atoms with Crippen LogP contribution in [0.3, 0.4) is 0 Å². The number of carbonyl (C=O) groups is 3. The molecule has 0 atom stereocenters. The van der Waals surface area contributed by atoms with Crippen LogP contribution in [0.25, 0.3) is 0 Å². The van der Waals surface area contributed by atoms with E-state index in [1.807, 2.05) is 37.4 Å². The van der Waals surface area contributed by atoms with Crippen LogP contribution in [0.5, 0.6) is 0 Å². The Morgan fingerprint density at radius 2 is 1.87 bits per heavy atom. The molecule has 0 bridgehead atoms. The first-order valence-electron chi connectivity index (χ1n) is 10.5. The number of benzene rings is 1. The lowest BCUT2D eigenvalue weighted by atomic mass is 10.1. The van der Waals surface area contributed by atoms with Crippen LogP contribution in [0, 0.1) is 0 Å². The van der Waals surface area contributed by atoms with Gasteiger partial charge in [0.1, 0.15) is 5.69 Å². The number of pyridine rings is 1. The largest absolute Gasteiger partial charge is 0.354 e. The lowest BCUT2D eigenvalue weighted by Gasteiger charge is -2.31. The van der Waals surface area contributed by atoms with E-state index in [4.69, 9.17) is 0 Å². The van der Waals surface area contributed by atoms with Gasteiger partial charge in [-0.2, -0.15) is 0 Å². The molecule has 1 aromatic carbocycles. The maximum absolute atomic E-state index is 12.7. The predicted molar refractivity (Wildman–Crippen MR) is 118 cm³/mol. The average Bonchev–Trinajstić information content (AvgIpc) is 2.78. The third-order valence-corrected chi connectivity index (χ3v) is 5.30. The van der Waals surface area contributed by atoms with E-state index in [1.165, 1.54) is 13.1 Å². The molecule has 2 aromatic rings. The Balaban J connectivity index is 1.60. The highest BCUT2D eigenvalue weighted by atomic mass is 16.2. The number of amides is 3. The molecule has 2 N–H and O–H groups in total. The van der Waals surface area contributed by atoms with Crippen molar-refractivity contribution >= 4 is 17.7 Å². The Kier molecular flexibility index (Phi) is 7.72. The van der Waals surface area contributed by atoms with E-state index in [0.717, 1.165) is 31.6 Å². The summed E-state index contributed by atoms with van der Waals surface area (Å²) in [6.07, 6.45) is 1.27. The fraction of sp³-hybridized carbons (Fsp3) is 0.391. The van der Waals surface area contributed by atoms with Gasteiger partial charge in [0.2, 0.25) is 5.91 Å². The summed E-state index contributed by atoms with van der Waals surface area (Å²) in [6.45, 7) is 3.24. The van der Waals surface area contributed by atoms with Crippen LogP contribution in [0.15, 0.2) is 42.5 Å².